The molecule has 182 valence electrons. The summed E-state index contributed by atoms with van der Waals surface area (Å²) in [6, 6.07) is 22.6. The minimum absolute atomic E-state index is 0.364. The van der Waals surface area contributed by atoms with Crippen LogP contribution in [0.5, 0.6) is 0 Å². The highest BCUT2D eigenvalue weighted by Gasteiger charge is 2.22. The molecule has 1 atom stereocenters. The summed E-state index contributed by atoms with van der Waals surface area (Å²) in [7, 11) is 0. The van der Waals surface area contributed by atoms with Crippen LogP contribution in [0.25, 0.3) is 34.2 Å². The molecule has 0 bridgehead atoms. The topological polar surface area (TPSA) is 79.3 Å². The number of nitrogens with one attached hydrogen (secondary N) is 1. The number of benzene rings is 3. The van der Waals surface area contributed by atoms with Gasteiger partial charge in [0.1, 0.15) is 6.04 Å². The minimum atomic E-state index is -1.03. The number of carbonyl (C=O) groups excluding carboxylic acids is 1. The third-order valence-corrected chi connectivity index (χ3v) is 6.66. The van der Waals surface area contributed by atoms with E-state index in [0.717, 1.165) is 38.7 Å². The van der Waals surface area contributed by atoms with Gasteiger partial charge in [0.05, 0.1) is 5.52 Å². The molecule has 0 saturated heterocycles. The van der Waals surface area contributed by atoms with Crippen LogP contribution < -0.4 is 5.32 Å². The molecule has 0 spiro atoms. The predicted molar refractivity (Wildman–Crippen MR) is 149 cm³/mol. The average molecular weight is 497 g/mol. The van der Waals surface area contributed by atoms with E-state index in [0.29, 0.717) is 17.7 Å². The summed E-state index contributed by atoms with van der Waals surface area (Å²) in [5.74, 6) is -0.774. The number of thioether (sulfide) groups is 1. The molecule has 1 heterocycles. The summed E-state index contributed by atoms with van der Waals surface area (Å²) in [4.78, 5) is 29.5. The summed E-state index contributed by atoms with van der Waals surface area (Å²) < 4.78 is 0. The van der Waals surface area contributed by atoms with E-state index < -0.39 is 17.9 Å². The van der Waals surface area contributed by atoms with Gasteiger partial charge in [0.15, 0.2) is 0 Å². The Kier molecular flexibility index (Phi) is 8.18. The van der Waals surface area contributed by atoms with Crippen LogP contribution in [0.1, 0.15) is 33.5 Å². The second-order valence-electron chi connectivity index (χ2n) is 8.56. The maximum absolute atomic E-state index is 13.2. The molecule has 1 aromatic heterocycles. The molecule has 1 amide bonds. The van der Waals surface area contributed by atoms with Gasteiger partial charge in [-0.3, -0.25) is 9.78 Å². The number of para-hydroxylation sites is 1. The molecule has 0 fully saturated rings. The Bertz CT molecular complexity index is 1430. The standard InChI is InChI=1S/C30H28N2O3S/c1-20-7-3-5-9-24(20)26-18-21(11-12-22-17-23-8-4-6-10-27(23)31-19-22)13-14-25(26)29(33)32-28(30(34)35)15-16-36-2/h3-14,17-19,28H,15-16H2,1-2H3,(H,32,33)(H,34,35)/b12-11+. The van der Waals surface area contributed by atoms with Crippen molar-refractivity contribution < 1.29 is 14.7 Å². The summed E-state index contributed by atoms with van der Waals surface area (Å²) in [5, 5.41) is 13.4. The number of carboxylic acid groups (broad SMARTS) is 1. The molecule has 0 aliphatic carbocycles. The second kappa shape index (κ2) is 11.7. The Morgan fingerprint density at radius 1 is 0.972 bits per heavy atom. The number of hydrogen-bond acceptors (Lipinski definition) is 4. The highest BCUT2D eigenvalue weighted by Crippen LogP contribution is 2.29. The van der Waals surface area contributed by atoms with Crippen LogP contribution in [0.3, 0.4) is 0 Å². The van der Waals surface area contributed by atoms with Gasteiger partial charge in [-0.1, -0.05) is 60.7 Å². The molecule has 1 unspecified atom stereocenters. The lowest BCUT2D eigenvalue weighted by Crippen LogP contribution is -2.41. The molecule has 6 heteroatoms. The van der Waals surface area contributed by atoms with Gasteiger partial charge < -0.3 is 10.4 Å². The van der Waals surface area contributed by atoms with Gasteiger partial charge in [-0.2, -0.15) is 11.8 Å². The van der Waals surface area contributed by atoms with Crippen molar-refractivity contribution in [2.45, 2.75) is 19.4 Å². The summed E-state index contributed by atoms with van der Waals surface area (Å²) >= 11 is 1.55. The lowest BCUT2D eigenvalue weighted by Gasteiger charge is -2.17. The van der Waals surface area contributed by atoms with Gasteiger partial charge in [0.2, 0.25) is 0 Å². The maximum atomic E-state index is 13.2. The second-order valence-corrected chi connectivity index (χ2v) is 9.55. The van der Waals surface area contributed by atoms with Crippen molar-refractivity contribution in [2.24, 2.45) is 0 Å². The zero-order valence-corrected chi connectivity index (χ0v) is 21.1. The number of amides is 1. The number of aliphatic carboxylic acids is 1. The normalized spacial score (nSPS) is 12.1. The quantitative estimate of drug-likeness (QED) is 0.284. The van der Waals surface area contributed by atoms with E-state index in [1.54, 1.807) is 17.8 Å². The summed E-state index contributed by atoms with van der Waals surface area (Å²) in [6.45, 7) is 2.00. The number of hydrogen-bond donors (Lipinski definition) is 2. The molecule has 0 aliphatic rings. The van der Waals surface area contributed by atoms with Crippen molar-refractivity contribution >= 4 is 46.7 Å². The number of nitrogens with zero attached hydrogens (tertiary/aromatic N) is 1. The van der Waals surface area contributed by atoms with Gasteiger partial charge in [-0.05, 0) is 77.4 Å². The van der Waals surface area contributed by atoms with Crippen LogP contribution in [-0.2, 0) is 4.79 Å². The number of pyridine rings is 1. The Hall–Kier alpha value is -3.90. The van der Waals surface area contributed by atoms with Crippen molar-refractivity contribution in [3.05, 3.63) is 101 Å². The van der Waals surface area contributed by atoms with E-state index in [4.69, 9.17) is 0 Å². The first-order valence-electron chi connectivity index (χ1n) is 11.7. The van der Waals surface area contributed by atoms with Crippen LogP contribution >= 0.6 is 11.8 Å². The fourth-order valence-electron chi connectivity index (χ4n) is 4.06. The molecule has 36 heavy (non-hydrogen) atoms. The molecule has 3 aromatic carbocycles. The van der Waals surface area contributed by atoms with Gasteiger partial charge >= 0.3 is 5.97 Å². The molecule has 0 radical (unpaired) electrons. The van der Waals surface area contributed by atoms with Crippen LogP contribution in [0.4, 0.5) is 0 Å². The number of fused-ring (bicyclic) bond motifs is 1. The highest BCUT2D eigenvalue weighted by molar-refractivity contribution is 7.98. The van der Waals surface area contributed by atoms with E-state index in [9.17, 15) is 14.7 Å². The Morgan fingerprint density at radius 2 is 1.72 bits per heavy atom. The molecule has 2 N–H and O–H groups in total. The number of carboxylic acids is 1. The Labute approximate surface area is 215 Å². The molecular formula is C30H28N2O3S. The fraction of sp³-hybridized carbons (Fsp3) is 0.167. The fourth-order valence-corrected chi connectivity index (χ4v) is 4.53. The highest BCUT2D eigenvalue weighted by atomic mass is 32.2. The van der Waals surface area contributed by atoms with Crippen molar-refractivity contribution in [1.82, 2.24) is 10.3 Å². The molecule has 5 nitrogen and oxygen atoms in total. The average Bonchev–Trinajstić information content (AvgIpc) is 2.89. The monoisotopic (exact) mass is 496 g/mol. The summed E-state index contributed by atoms with van der Waals surface area (Å²) in [6.07, 6.45) is 8.11. The van der Waals surface area contributed by atoms with Crippen LogP contribution in [-0.4, -0.2) is 40.0 Å². The van der Waals surface area contributed by atoms with E-state index in [2.05, 4.69) is 16.4 Å². The Morgan fingerprint density at radius 3 is 2.50 bits per heavy atom. The first-order valence-corrected chi connectivity index (χ1v) is 13.1. The third-order valence-electron chi connectivity index (χ3n) is 6.02. The van der Waals surface area contributed by atoms with Crippen molar-refractivity contribution in [3.8, 4) is 11.1 Å². The zero-order valence-electron chi connectivity index (χ0n) is 20.3. The first-order chi connectivity index (χ1) is 17.5. The lowest BCUT2D eigenvalue weighted by atomic mass is 9.93. The van der Waals surface area contributed by atoms with E-state index in [1.165, 1.54) is 0 Å². The van der Waals surface area contributed by atoms with Crippen LogP contribution in [0.15, 0.2) is 79.0 Å². The Balaban J connectivity index is 1.68. The smallest absolute Gasteiger partial charge is 0.326 e. The zero-order chi connectivity index (χ0) is 25.5. The SMILES string of the molecule is CSCCC(NC(=O)c1ccc(/C=C/c2cnc3ccccc3c2)cc1-c1ccccc1C)C(=O)O. The number of aryl methyl sites for hydroxylation is 1. The van der Waals surface area contributed by atoms with E-state index in [-0.39, 0.29) is 0 Å². The van der Waals surface area contributed by atoms with Gasteiger partial charge in [0.25, 0.3) is 5.91 Å². The molecule has 4 aromatic rings. The molecule has 0 saturated carbocycles. The first kappa shape index (κ1) is 25.2. The number of rotatable bonds is 9. The minimum Gasteiger partial charge on any atom is -0.480 e. The number of aromatic nitrogens is 1. The summed E-state index contributed by atoms with van der Waals surface area (Å²) in [5.41, 5.74) is 6.03. The molecule has 4 rings (SSSR count). The van der Waals surface area contributed by atoms with Crippen molar-refractivity contribution in [2.75, 3.05) is 12.0 Å². The maximum Gasteiger partial charge on any atom is 0.326 e. The predicted octanol–water partition coefficient (Wildman–Crippen LogP) is 6.32. The van der Waals surface area contributed by atoms with Crippen LogP contribution in [0, 0.1) is 6.92 Å². The van der Waals surface area contributed by atoms with Gasteiger partial charge in [-0.25, -0.2) is 4.79 Å². The molecule has 0 aliphatic heterocycles. The van der Waals surface area contributed by atoms with E-state index in [1.807, 2.05) is 92.2 Å². The lowest BCUT2D eigenvalue weighted by molar-refractivity contribution is -0.139. The van der Waals surface area contributed by atoms with Gasteiger partial charge in [-0.15, -0.1) is 0 Å². The molecular weight excluding hydrogens is 468 g/mol. The van der Waals surface area contributed by atoms with Crippen LogP contribution in [0.2, 0.25) is 0 Å². The third kappa shape index (κ3) is 6.01. The van der Waals surface area contributed by atoms with Gasteiger partial charge in [0, 0.05) is 17.1 Å². The largest absolute Gasteiger partial charge is 0.480 e. The van der Waals surface area contributed by atoms with Crippen molar-refractivity contribution in [1.29, 1.82) is 0 Å². The van der Waals surface area contributed by atoms with E-state index >= 15 is 0 Å². The number of carbonyl (C=O) groups is 2. The van der Waals surface area contributed by atoms with Crippen molar-refractivity contribution in [3.63, 3.8) is 0 Å².